The molecule has 5 nitrogen and oxygen atoms in total. The molecule has 156 valence electrons. The number of halogens is 3. The molecule has 0 aromatic heterocycles. The van der Waals surface area contributed by atoms with Gasteiger partial charge in [0.2, 0.25) is 5.91 Å². The number of imide groups is 1. The first-order chi connectivity index (χ1) is 15.0. The van der Waals surface area contributed by atoms with Crippen LogP contribution in [0.4, 0.5) is 11.4 Å². The number of carbonyl (C=O) groups excluding carboxylic acids is 2. The van der Waals surface area contributed by atoms with Gasteiger partial charge in [-0.15, -0.1) is 0 Å². The number of hydrogen-bond acceptors (Lipinski definition) is 4. The van der Waals surface area contributed by atoms with E-state index in [2.05, 4.69) is 15.9 Å². The van der Waals surface area contributed by atoms with Crippen molar-refractivity contribution in [3.8, 4) is 0 Å². The normalized spacial score (nSPS) is 22.9. The van der Waals surface area contributed by atoms with Crippen LogP contribution in [0.15, 0.2) is 77.3 Å². The minimum Gasteiger partial charge on any atom is -0.273 e. The first-order valence-corrected chi connectivity index (χ1v) is 11.1. The summed E-state index contributed by atoms with van der Waals surface area (Å²) in [5.41, 5.74) is 1.90. The summed E-state index contributed by atoms with van der Waals surface area (Å²) in [4.78, 5) is 34.1. The van der Waals surface area contributed by atoms with E-state index in [-0.39, 0.29) is 5.91 Å². The van der Waals surface area contributed by atoms with Crippen molar-refractivity contribution in [1.82, 2.24) is 0 Å². The minimum atomic E-state index is -0.951. The van der Waals surface area contributed by atoms with E-state index >= 15 is 0 Å². The highest BCUT2D eigenvalue weighted by atomic mass is 79.9. The van der Waals surface area contributed by atoms with E-state index in [1.807, 2.05) is 30.3 Å². The van der Waals surface area contributed by atoms with Crippen molar-refractivity contribution in [2.24, 2.45) is 5.92 Å². The van der Waals surface area contributed by atoms with Gasteiger partial charge in [-0.2, -0.15) is 0 Å². The molecule has 0 N–H and O–H groups in total. The Balaban J connectivity index is 1.61. The summed E-state index contributed by atoms with van der Waals surface area (Å²) in [5.74, 6) is -1.48. The maximum absolute atomic E-state index is 13.5. The maximum atomic E-state index is 13.5. The van der Waals surface area contributed by atoms with Crippen LogP contribution in [0.3, 0.4) is 0 Å². The van der Waals surface area contributed by atoms with Crippen molar-refractivity contribution >= 4 is 62.3 Å². The zero-order valence-corrected chi connectivity index (χ0v) is 19.0. The molecule has 0 unspecified atom stereocenters. The number of anilines is 2. The van der Waals surface area contributed by atoms with Gasteiger partial charge in [-0.25, -0.2) is 9.96 Å². The maximum Gasteiger partial charge on any atom is 0.266 e. The van der Waals surface area contributed by atoms with Crippen molar-refractivity contribution in [2.45, 2.75) is 12.1 Å². The van der Waals surface area contributed by atoms with Crippen LogP contribution >= 0.6 is 39.1 Å². The summed E-state index contributed by atoms with van der Waals surface area (Å²) < 4.78 is 0.855. The molecule has 5 rings (SSSR count). The van der Waals surface area contributed by atoms with Crippen molar-refractivity contribution in [3.05, 3.63) is 92.9 Å². The highest BCUT2D eigenvalue weighted by molar-refractivity contribution is 9.10. The van der Waals surface area contributed by atoms with E-state index < -0.39 is 24.0 Å². The van der Waals surface area contributed by atoms with Crippen LogP contribution in [0.25, 0.3) is 0 Å². The number of nitrogens with zero attached hydrogens (tertiary/aromatic N) is 2. The molecule has 3 atom stereocenters. The van der Waals surface area contributed by atoms with Crippen LogP contribution in [-0.2, 0) is 14.4 Å². The fourth-order valence-electron chi connectivity index (χ4n) is 4.12. The van der Waals surface area contributed by atoms with Gasteiger partial charge in [-0.05, 0) is 54.1 Å². The molecule has 2 amide bonds. The van der Waals surface area contributed by atoms with Crippen LogP contribution in [0.5, 0.6) is 0 Å². The van der Waals surface area contributed by atoms with Gasteiger partial charge in [0.05, 0.1) is 17.4 Å². The number of amides is 2. The molecule has 2 fully saturated rings. The fourth-order valence-corrected chi connectivity index (χ4v) is 4.90. The molecule has 2 saturated heterocycles. The SMILES string of the molecule is O=C1[C@@H]2[C@@H](c3ccc(Cl)cc3Cl)N(c3ccccc3)O[C@H]2C(=O)N1c1ccc(Br)cc1. The largest absolute Gasteiger partial charge is 0.273 e. The molecule has 31 heavy (non-hydrogen) atoms. The molecule has 8 heteroatoms. The Hall–Kier alpha value is -2.38. The number of hydrogen-bond donors (Lipinski definition) is 0. The summed E-state index contributed by atoms with van der Waals surface area (Å²) in [7, 11) is 0. The van der Waals surface area contributed by atoms with Crippen molar-refractivity contribution in [1.29, 1.82) is 0 Å². The average molecular weight is 518 g/mol. The van der Waals surface area contributed by atoms with E-state index in [9.17, 15) is 9.59 Å². The Morgan fingerprint density at radius 1 is 0.839 bits per heavy atom. The third-order valence-electron chi connectivity index (χ3n) is 5.49. The smallest absolute Gasteiger partial charge is 0.266 e. The Kier molecular flexibility index (Phi) is 5.26. The van der Waals surface area contributed by atoms with Crippen LogP contribution in [-0.4, -0.2) is 17.9 Å². The number of para-hydroxylation sites is 1. The summed E-state index contributed by atoms with van der Waals surface area (Å²) in [6.07, 6.45) is -0.951. The molecule has 2 heterocycles. The van der Waals surface area contributed by atoms with Gasteiger partial charge >= 0.3 is 0 Å². The topological polar surface area (TPSA) is 49.9 Å². The second-order valence-corrected chi connectivity index (χ2v) is 9.07. The molecule has 0 spiro atoms. The van der Waals surface area contributed by atoms with Crippen molar-refractivity contribution < 1.29 is 14.4 Å². The lowest BCUT2D eigenvalue weighted by Crippen LogP contribution is -2.37. The lowest BCUT2D eigenvalue weighted by Gasteiger charge is -2.29. The zero-order chi connectivity index (χ0) is 21.7. The number of carbonyl (C=O) groups is 2. The molecule has 3 aromatic rings. The number of fused-ring (bicyclic) bond motifs is 1. The van der Waals surface area contributed by atoms with Crippen LogP contribution in [0, 0.1) is 5.92 Å². The molecule has 0 aliphatic carbocycles. The lowest BCUT2D eigenvalue weighted by molar-refractivity contribution is -0.126. The van der Waals surface area contributed by atoms with Crippen LogP contribution in [0.2, 0.25) is 10.0 Å². The predicted molar refractivity (Wildman–Crippen MR) is 123 cm³/mol. The Bertz CT molecular complexity index is 1170. The standard InChI is InChI=1S/C23H15BrCl2N2O3/c24-13-6-9-15(10-7-13)27-22(29)19-20(17-11-8-14(25)12-18(17)26)28(31-21(19)23(27)30)16-4-2-1-3-5-16/h1-12,19-21H/t19-,20-,21-/m1/s1. The van der Waals surface area contributed by atoms with E-state index in [0.29, 0.717) is 21.3 Å². The Morgan fingerprint density at radius 2 is 1.55 bits per heavy atom. The molecule has 0 saturated carbocycles. The first-order valence-electron chi connectivity index (χ1n) is 9.55. The van der Waals surface area contributed by atoms with E-state index in [1.54, 1.807) is 47.5 Å². The molecular formula is C23H15BrCl2N2O3. The molecule has 0 radical (unpaired) electrons. The molecule has 3 aromatic carbocycles. The van der Waals surface area contributed by atoms with Crippen molar-refractivity contribution in [2.75, 3.05) is 9.96 Å². The number of hydroxylamine groups is 1. The van der Waals surface area contributed by atoms with E-state index in [4.69, 9.17) is 28.0 Å². The molecule has 2 aliphatic rings. The predicted octanol–water partition coefficient (Wildman–Crippen LogP) is 5.81. The highest BCUT2D eigenvalue weighted by Crippen LogP contribution is 2.49. The zero-order valence-electron chi connectivity index (χ0n) is 15.9. The lowest BCUT2D eigenvalue weighted by atomic mass is 9.90. The Morgan fingerprint density at radius 3 is 2.23 bits per heavy atom. The number of benzene rings is 3. The summed E-state index contributed by atoms with van der Waals surface area (Å²) >= 11 is 16.0. The second-order valence-electron chi connectivity index (χ2n) is 7.31. The highest BCUT2D eigenvalue weighted by Gasteiger charge is 2.60. The van der Waals surface area contributed by atoms with Crippen LogP contribution in [0.1, 0.15) is 11.6 Å². The summed E-state index contributed by atoms with van der Waals surface area (Å²) in [6.45, 7) is 0. The monoisotopic (exact) mass is 516 g/mol. The fraction of sp³-hybridized carbons (Fsp3) is 0.130. The molecule has 2 aliphatic heterocycles. The van der Waals surface area contributed by atoms with Gasteiger partial charge in [0.15, 0.2) is 6.10 Å². The summed E-state index contributed by atoms with van der Waals surface area (Å²) in [6, 6.07) is 20.9. The van der Waals surface area contributed by atoms with Gasteiger partial charge < -0.3 is 0 Å². The van der Waals surface area contributed by atoms with Gasteiger partial charge in [0, 0.05) is 14.5 Å². The van der Waals surface area contributed by atoms with Crippen molar-refractivity contribution in [3.63, 3.8) is 0 Å². The van der Waals surface area contributed by atoms with Gasteiger partial charge in [0.25, 0.3) is 5.91 Å². The van der Waals surface area contributed by atoms with Crippen LogP contribution < -0.4 is 9.96 Å². The average Bonchev–Trinajstić information content (AvgIpc) is 3.26. The molecule has 0 bridgehead atoms. The third-order valence-corrected chi connectivity index (χ3v) is 6.58. The van der Waals surface area contributed by atoms with E-state index in [0.717, 1.165) is 10.2 Å². The first kappa shape index (κ1) is 20.5. The second kappa shape index (κ2) is 7.95. The van der Waals surface area contributed by atoms with E-state index in [1.165, 1.54) is 4.90 Å². The van der Waals surface area contributed by atoms with Gasteiger partial charge in [-0.1, -0.05) is 63.4 Å². The quantitative estimate of drug-likeness (QED) is 0.411. The number of rotatable bonds is 3. The van der Waals surface area contributed by atoms with Gasteiger partial charge in [-0.3, -0.25) is 14.4 Å². The summed E-state index contributed by atoms with van der Waals surface area (Å²) in [5, 5.41) is 2.50. The van der Waals surface area contributed by atoms with Gasteiger partial charge in [0.1, 0.15) is 5.92 Å². The minimum absolute atomic E-state index is 0.327. The molecular weight excluding hydrogens is 503 g/mol. The Labute approximate surface area is 197 Å². The third kappa shape index (κ3) is 3.44.